The molecule has 13 heavy (non-hydrogen) atoms. The molecule has 0 aromatic heterocycles. The largest absolute Gasteiger partial charge is 0.355 e. The quantitative estimate of drug-likeness (QED) is 0.717. The number of amides is 1. The molecule has 0 saturated carbocycles. The third-order valence-electron chi connectivity index (χ3n) is 2.10. The summed E-state index contributed by atoms with van der Waals surface area (Å²) in [6.45, 7) is 3.42. The van der Waals surface area contributed by atoms with Crippen LogP contribution in [0, 0.1) is 0 Å². The summed E-state index contributed by atoms with van der Waals surface area (Å²) in [5.41, 5.74) is 2.58. The van der Waals surface area contributed by atoms with E-state index in [1.165, 1.54) is 5.54 Å². The molecule has 1 unspecified atom stereocenters. The van der Waals surface area contributed by atoms with Gasteiger partial charge in [0, 0.05) is 18.6 Å². The molecule has 1 aliphatic heterocycles. The van der Waals surface area contributed by atoms with E-state index in [1.807, 2.05) is 6.92 Å². The van der Waals surface area contributed by atoms with E-state index >= 15 is 0 Å². The zero-order valence-electron chi connectivity index (χ0n) is 7.77. The van der Waals surface area contributed by atoms with Gasteiger partial charge in [0.25, 0.3) is 0 Å². The molecule has 3 nitrogen and oxygen atoms in total. The third kappa shape index (κ3) is 3.36. The van der Waals surface area contributed by atoms with Crippen LogP contribution < -0.4 is 10.6 Å². The maximum absolute atomic E-state index is 11.3. The monoisotopic (exact) mass is 202 g/mol. The third-order valence-corrected chi connectivity index (χ3v) is 2.47. The van der Waals surface area contributed by atoms with E-state index < -0.39 is 0 Å². The number of carbonyl (C=O) groups excluding carboxylic acids is 1. The molecule has 1 rings (SSSR count). The molecule has 0 aliphatic carbocycles. The highest BCUT2D eigenvalue weighted by Crippen LogP contribution is 2.03. The number of carbonyl (C=O) groups is 1. The fraction of sp³-hybridized carbons (Fsp3) is 0.667. The number of nitrogens with one attached hydrogen (secondary N) is 2. The van der Waals surface area contributed by atoms with E-state index in [0.717, 1.165) is 25.0 Å². The Balaban J connectivity index is 2.31. The number of hydrogen-bond acceptors (Lipinski definition) is 2. The Bertz CT molecular complexity index is 216. The van der Waals surface area contributed by atoms with Gasteiger partial charge in [-0.25, -0.2) is 0 Å². The summed E-state index contributed by atoms with van der Waals surface area (Å²) in [4.78, 5) is 11.3. The highest BCUT2D eigenvalue weighted by atomic mass is 35.5. The lowest BCUT2D eigenvalue weighted by Gasteiger charge is -2.22. The fourth-order valence-corrected chi connectivity index (χ4v) is 1.37. The van der Waals surface area contributed by atoms with Gasteiger partial charge in [0.15, 0.2) is 0 Å². The van der Waals surface area contributed by atoms with Gasteiger partial charge in [-0.1, -0.05) is 11.6 Å². The summed E-state index contributed by atoms with van der Waals surface area (Å²) >= 11 is 5.50. The highest BCUT2D eigenvalue weighted by Gasteiger charge is 2.20. The molecule has 1 heterocycles. The lowest BCUT2D eigenvalue weighted by atomic mass is 10.1. The molecule has 0 bridgehead atoms. The Morgan fingerprint density at radius 1 is 1.85 bits per heavy atom. The maximum atomic E-state index is 11.3. The van der Waals surface area contributed by atoms with Crippen molar-refractivity contribution >= 4 is 17.5 Å². The van der Waals surface area contributed by atoms with Crippen LogP contribution in [0.5, 0.6) is 0 Å². The first-order chi connectivity index (χ1) is 6.24. The fourth-order valence-electron chi connectivity index (χ4n) is 1.29. The average molecular weight is 203 g/mol. The second-order valence-corrected chi connectivity index (χ2v) is 3.54. The lowest BCUT2D eigenvalue weighted by Crippen LogP contribution is -2.48. The number of halogens is 1. The standard InChI is InChI=1S/C9H15ClN2O/c1-7(5-10)6-12-8-3-2-4-11-9(8)13/h5,8,12H,2-4,6H2,1H3,(H,11,13). The van der Waals surface area contributed by atoms with Crippen molar-refractivity contribution in [3.05, 3.63) is 11.1 Å². The van der Waals surface area contributed by atoms with E-state index in [-0.39, 0.29) is 11.9 Å². The van der Waals surface area contributed by atoms with Crippen molar-refractivity contribution in [1.82, 2.24) is 10.6 Å². The van der Waals surface area contributed by atoms with Crippen molar-refractivity contribution in [2.75, 3.05) is 13.1 Å². The van der Waals surface area contributed by atoms with Gasteiger partial charge in [-0.2, -0.15) is 0 Å². The number of rotatable bonds is 3. The van der Waals surface area contributed by atoms with Crippen LogP contribution in [0.15, 0.2) is 11.1 Å². The van der Waals surface area contributed by atoms with E-state index in [0.29, 0.717) is 6.54 Å². The van der Waals surface area contributed by atoms with E-state index in [4.69, 9.17) is 11.6 Å². The van der Waals surface area contributed by atoms with Gasteiger partial charge in [0.2, 0.25) is 5.91 Å². The lowest BCUT2D eigenvalue weighted by molar-refractivity contribution is -0.124. The summed E-state index contributed by atoms with van der Waals surface area (Å²) in [6, 6.07) is -0.0414. The Morgan fingerprint density at radius 2 is 2.62 bits per heavy atom. The first-order valence-corrected chi connectivity index (χ1v) is 4.94. The second kappa shape index (κ2) is 5.25. The molecule has 1 fully saturated rings. The highest BCUT2D eigenvalue weighted by molar-refractivity contribution is 6.25. The molecule has 0 aromatic carbocycles. The van der Waals surface area contributed by atoms with E-state index in [1.54, 1.807) is 0 Å². The predicted molar refractivity (Wildman–Crippen MR) is 53.6 cm³/mol. The first kappa shape index (κ1) is 10.5. The van der Waals surface area contributed by atoms with Crippen molar-refractivity contribution in [3.8, 4) is 0 Å². The van der Waals surface area contributed by atoms with Crippen LogP contribution in [0.4, 0.5) is 0 Å². The molecular weight excluding hydrogens is 188 g/mol. The molecule has 1 saturated heterocycles. The summed E-state index contributed by atoms with van der Waals surface area (Å²) < 4.78 is 0. The minimum Gasteiger partial charge on any atom is -0.355 e. The van der Waals surface area contributed by atoms with Crippen LogP contribution in [-0.4, -0.2) is 25.0 Å². The second-order valence-electron chi connectivity index (χ2n) is 3.32. The summed E-state index contributed by atoms with van der Waals surface area (Å²) in [5, 5.41) is 5.98. The first-order valence-electron chi connectivity index (χ1n) is 4.51. The normalized spacial score (nSPS) is 24.3. The van der Waals surface area contributed by atoms with Gasteiger partial charge >= 0.3 is 0 Å². The summed E-state index contributed by atoms with van der Waals surface area (Å²) in [5.74, 6) is 0.105. The van der Waals surface area contributed by atoms with Gasteiger partial charge in [-0.3, -0.25) is 4.79 Å². The minimum atomic E-state index is -0.0414. The van der Waals surface area contributed by atoms with Crippen LogP contribution in [0.2, 0.25) is 0 Å². The predicted octanol–water partition coefficient (Wildman–Crippen LogP) is 0.997. The van der Waals surface area contributed by atoms with Gasteiger partial charge in [0.05, 0.1) is 6.04 Å². The Morgan fingerprint density at radius 3 is 3.23 bits per heavy atom. The molecule has 0 aromatic rings. The van der Waals surface area contributed by atoms with Crippen molar-refractivity contribution < 1.29 is 4.79 Å². The van der Waals surface area contributed by atoms with Crippen LogP contribution in [0.25, 0.3) is 0 Å². The molecule has 1 aliphatic rings. The summed E-state index contributed by atoms with van der Waals surface area (Å²) in [6.07, 6.45) is 1.97. The van der Waals surface area contributed by atoms with Gasteiger partial charge < -0.3 is 10.6 Å². The molecular formula is C9H15ClN2O. The van der Waals surface area contributed by atoms with Crippen LogP contribution in [0.3, 0.4) is 0 Å². The Hall–Kier alpha value is -0.540. The molecule has 0 spiro atoms. The average Bonchev–Trinajstić information content (AvgIpc) is 2.16. The maximum Gasteiger partial charge on any atom is 0.237 e. The molecule has 0 radical (unpaired) electrons. The smallest absolute Gasteiger partial charge is 0.237 e. The molecule has 1 atom stereocenters. The Kier molecular flexibility index (Phi) is 4.25. The topological polar surface area (TPSA) is 41.1 Å². The van der Waals surface area contributed by atoms with Gasteiger partial charge in [0.1, 0.15) is 0 Å². The van der Waals surface area contributed by atoms with E-state index in [2.05, 4.69) is 10.6 Å². The summed E-state index contributed by atoms with van der Waals surface area (Å²) in [7, 11) is 0. The van der Waals surface area contributed by atoms with Crippen LogP contribution in [-0.2, 0) is 4.79 Å². The van der Waals surface area contributed by atoms with Crippen LogP contribution in [0.1, 0.15) is 19.8 Å². The van der Waals surface area contributed by atoms with Crippen molar-refractivity contribution in [2.24, 2.45) is 0 Å². The van der Waals surface area contributed by atoms with Crippen LogP contribution >= 0.6 is 11.6 Å². The van der Waals surface area contributed by atoms with Gasteiger partial charge in [-0.15, -0.1) is 0 Å². The zero-order chi connectivity index (χ0) is 9.68. The molecule has 2 N–H and O–H groups in total. The minimum absolute atomic E-state index is 0.0414. The Labute approximate surface area is 83.5 Å². The molecule has 74 valence electrons. The zero-order valence-corrected chi connectivity index (χ0v) is 8.53. The molecule has 4 heteroatoms. The number of piperidine rings is 1. The number of hydrogen-bond donors (Lipinski definition) is 2. The van der Waals surface area contributed by atoms with Crippen molar-refractivity contribution in [1.29, 1.82) is 0 Å². The van der Waals surface area contributed by atoms with Crippen molar-refractivity contribution in [3.63, 3.8) is 0 Å². The van der Waals surface area contributed by atoms with E-state index in [9.17, 15) is 4.79 Å². The SMILES string of the molecule is CC(=CCl)CNC1CCCNC1=O. The molecule has 1 amide bonds. The van der Waals surface area contributed by atoms with Gasteiger partial charge in [-0.05, 0) is 25.3 Å². The van der Waals surface area contributed by atoms with Crippen molar-refractivity contribution in [2.45, 2.75) is 25.8 Å².